The number of sulfone groups is 1. The monoisotopic (exact) mass is 380 g/mol. The van der Waals surface area contributed by atoms with Crippen LogP contribution in [0.2, 0.25) is 0 Å². The van der Waals surface area contributed by atoms with Gasteiger partial charge in [0, 0.05) is 6.26 Å². The molecule has 1 aliphatic rings. The Balaban J connectivity index is 2.05. The molecule has 3 rings (SSSR count). The molecule has 0 N–H and O–H groups in total. The largest absolute Gasteiger partial charge is 0.379 e. The summed E-state index contributed by atoms with van der Waals surface area (Å²) in [4.78, 5) is -0.114. The zero-order valence-corrected chi connectivity index (χ0v) is 16.0. The van der Waals surface area contributed by atoms with E-state index in [4.69, 9.17) is 4.18 Å². The van der Waals surface area contributed by atoms with Gasteiger partial charge in [-0.1, -0.05) is 6.07 Å². The smallest absolute Gasteiger partial charge is 0.339 e. The number of benzene rings is 2. The van der Waals surface area contributed by atoms with Crippen molar-refractivity contribution in [2.75, 3.05) is 6.26 Å². The number of hydrogen-bond acceptors (Lipinski definition) is 5. The van der Waals surface area contributed by atoms with Gasteiger partial charge in [-0.05, 0) is 79.6 Å². The molecule has 25 heavy (non-hydrogen) atoms. The first-order valence-corrected chi connectivity index (χ1v) is 11.3. The molecule has 2 aromatic rings. The molecule has 134 valence electrons. The van der Waals surface area contributed by atoms with Crippen molar-refractivity contribution in [2.24, 2.45) is 0 Å². The lowest BCUT2D eigenvalue weighted by Crippen LogP contribution is -2.14. The Labute approximate surface area is 148 Å². The van der Waals surface area contributed by atoms with Gasteiger partial charge in [-0.2, -0.15) is 8.42 Å². The van der Waals surface area contributed by atoms with Crippen molar-refractivity contribution in [1.82, 2.24) is 0 Å². The molecule has 0 radical (unpaired) electrons. The second-order valence-corrected chi connectivity index (χ2v) is 9.98. The van der Waals surface area contributed by atoms with E-state index in [-0.39, 0.29) is 21.1 Å². The van der Waals surface area contributed by atoms with E-state index in [1.165, 1.54) is 24.6 Å². The first-order chi connectivity index (χ1) is 11.6. The average Bonchev–Trinajstić information content (AvgIpc) is 2.95. The molecule has 1 aliphatic carbocycles. The summed E-state index contributed by atoms with van der Waals surface area (Å²) in [5, 5.41) is 0. The fourth-order valence-corrected chi connectivity index (χ4v) is 5.60. The van der Waals surface area contributed by atoms with Gasteiger partial charge in [0.15, 0.2) is 9.84 Å². The lowest BCUT2D eigenvalue weighted by atomic mass is 10.1. The maximum Gasteiger partial charge on any atom is 0.339 e. The van der Waals surface area contributed by atoms with Gasteiger partial charge in [0.05, 0.1) is 4.90 Å². The van der Waals surface area contributed by atoms with Gasteiger partial charge in [0.1, 0.15) is 10.6 Å². The lowest BCUT2D eigenvalue weighted by Gasteiger charge is -2.14. The quantitative estimate of drug-likeness (QED) is 0.762. The average molecular weight is 380 g/mol. The van der Waals surface area contributed by atoms with E-state index in [0.717, 1.165) is 31.1 Å². The van der Waals surface area contributed by atoms with Crippen LogP contribution >= 0.6 is 0 Å². The van der Waals surface area contributed by atoms with Crippen molar-refractivity contribution in [3.63, 3.8) is 0 Å². The number of hydrogen-bond donors (Lipinski definition) is 0. The Hall–Kier alpha value is -1.86. The Bertz CT molecular complexity index is 1050. The molecular weight excluding hydrogens is 360 g/mol. The van der Waals surface area contributed by atoms with E-state index in [1.807, 2.05) is 6.07 Å². The number of rotatable bonds is 4. The molecule has 0 heterocycles. The first kappa shape index (κ1) is 17.9. The van der Waals surface area contributed by atoms with Crippen LogP contribution in [0.3, 0.4) is 0 Å². The van der Waals surface area contributed by atoms with Crippen LogP contribution in [0.5, 0.6) is 5.75 Å². The summed E-state index contributed by atoms with van der Waals surface area (Å²) in [6.07, 6.45) is 4.03. The highest BCUT2D eigenvalue weighted by Gasteiger charge is 2.25. The summed E-state index contributed by atoms with van der Waals surface area (Å²) in [5.74, 6) is 0.252. The van der Waals surface area contributed by atoms with Crippen LogP contribution < -0.4 is 4.18 Å². The molecule has 0 saturated carbocycles. The second kappa shape index (κ2) is 6.14. The molecule has 0 aliphatic heterocycles. The van der Waals surface area contributed by atoms with Crippen LogP contribution in [0.1, 0.15) is 28.7 Å². The van der Waals surface area contributed by atoms with Crippen LogP contribution in [0, 0.1) is 13.8 Å². The second-order valence-electron chi connectivity index (χ2n) is 6.48. The van der Waals surface area contributed by atoms with Crippen LogP contribution in [0.25, 0.3) is 0 Å². The van der Waals surface area contributed by atoms with Gasteiger partial charge in [-0.3, -0.25) is 0 Å². The minimum atomic E-state index is -4.13. The minimum Gasteiger partial charge on any atom is -0.379 e. The Morgan fingerprint density at radius 1 is 0.880 bits per heavy atom. The van der Waals surface area contributed by atoms with Crippen molar-refractivity contribution in [3.8, 4) is 5.75 Å². The van der Waals surface area contributed by atoms with Gasteiger partial charge in [-0.15, -0.1) is 0 Å². The molecular formula is C18H20O5S2. The zero-order chi connectivity index (χ0) is 18.4. The van der Waals surface area contributed by atoms with Crippen molar-refractivity contribution in [2.45, 2.75) is 42.9 Å². The molecule has 0 spiro atoms. The normalized spacial score (nSPS) is 14.4. The summed E-state index contributed by atoms with van der Waals surface area (Å²) in [5.41, 5.74) is 3.04. The fourth-order valence-electron chi connectivity index (χ4n) is 3.21. The predicted octanol–water partition coefficient (Wildman–Crippen LogP) is 2.96. The molecule has 7 heteroatoms. The summed E-state index contributed by atoms with van der Waals surface area (Å²) in [6.45, 7) is 3.14. The number of fused-ring (bicyclic) bond motifs is 1. The standard InChI is InChI=1S/C18H20O5S2/c1-12-9-17(24(3,19)20)13(2)18(10-12)25(21,22)23-16-8-7-14-5-4-6-15(14)11-16/h7-11H,4-6H2,1-3H3. The van der Waals surface area contributed by atoms with E-state index in [9.17, 15) is 16.8 Å². The van der Waals surface area contributed by atoms with E-state index in [0.29, 0.717) is 5.56 Å². The third-order valence-corrected chi connectivity index (χ3v) is 7.00. The third-order valence-electron chi connectivity index (χ3n) is 4.40. The molecule has 0 aromatic heterocycles. The van der Waals surface area contributed by atoms with Crippen molar-refractivity contribution in [1.29, 1.82) is 0 Å². The summed E-state index contributed by atoms with van der Waals surface area (Å²) >= 11 is 0. The molecule has 0 fully saturated rings. The predicted molar refractivity (Wildman–Crippen MR) is 95.3 cm³/mol. The highest BCUT2D eigenvalue weighted by Crippen LogP contribution is 2.30. The van der Waals surface area contributed by atoms with Gasteiger partial charge in [0.25, 0.3) is 0 Å². The summed E-state index contributed by atoms with van der Waals surface area (Å²) in [6, 6.07) is 8.19. The maximum atomic E-state index is 12.7. The number of aryl methyl sites for hydroxylation is 3. The van der Waals surface area contributed by atoms with Crippen LogP contribution in [0.15, 0.2) is 40.1 Å². The first-order valence-electron chi connectivity index (χ1n) is 7.95. The third kappa shape index (κ3) is 3.57. The molecule has 0 bridgehead atoms. The van der Waals surface area contributed by atoms with Crippen molar-refractivity contribution >= 4 is 20.0 Å². The molecule has 0 amide bonds. The Morgan fingerprint density at radius 3 is 2.20 bits per heavy atom. The van der Waals surface area contributed by atoms with Crippen LogP contribution in [0.4, 0.5) is 0 Å². The molecule has 2 aromatic carbocycles. The maximum absolute atomic E-state index is 12.7. The molecule has 0 atom stereocenters. The Kier molecular flexibility index (Phi) is 4.41. The Morgan fingerprint density at radius 2 is 1.52 bits per heavy atom. The van der Waals surface area contributed by atoms with Gasteiger partial charge < -0.3 is 4.18 Å². The van der Waals surface area contributed by atoms with Crippen LogP contribution in [-0.4, -0.2) is 23.1 Å². The highest BCUT2D eigenvalue weighted by molar-refractivity contribution is 7.91. The van der Waals surface area contributed by atoms with E-state index in [2.05, 4.69) is 0 Å². The molecule has 0 unspecified atom stereocenters. The van der Waals surface area contributed by atoms with E-state index >= 15 is 0 Å². The SMILES string of the molecule is Cc1cc(S(C)(=O)=O)c(C)c(S(=O)(=O)Oc2ccc3c(c2)CCC3)c1. The summed E-state index contributed by atoms with van der Waals surface area (Å²) in [7, 11) is -7.67. The molecule has 0 saturated heterocycles. The summed E-state index contributed by atoms with van der Waals surface area (Å²) < 4.78 is 54.6. The lowest BCUT2D eigenvalue weighted by molar-refractivity contribution is 0.485. The van der Waals surface area contributed by atoms with E-state index in [1.54, 1.807) is 19.1 Å². The highest BCUT2D eigenvalue weighted by atomic mass is 32.2. The van der Waals surface area contributed by atoms with E-state index < -0.39 is 20.0 Å². The molecule has 5 nitrogen and oxygen atoms in total. The van der Waals surface area contributed by atoms with Crippen molar-refractivity contribution < 1.29 is 21.0 Å². The van der Waals surface area contributed by atoms with Crippen LogP contribution in [-0.2, 0) is 32.8 Å². The van der Waals surface area contributed by atoms with Crippen molar-refractivity contribution in [3.05, 3.63) is 52.6 Å². The topological polar surface area (TPSA) is 77.5 Å². The minimum absolute atomic E-state index is 0.00336. The van der Waals surface area contributed by atoms with Gasteiger partial charge >= 0.3 is 10.1 Å². The van der Waals surface area contributed by atoms with Gasteiger partial charge in [0.2, 0.25) is 0 Å². The zero-order valence-electron chi connectivity index (χ0n) is 14.4. The van der Waals surface area contributed by atoms with Gasteiger partial charge in [-0.25, -0.2) is 8.42 Å². The fraction of sp³-hybridized carbons (Fsp3) is 0.333.